The number of nitrogens with zero attached hydrogens (tertiary/aromatic N) is 1. The molecule has 2 atom stereocenters. The quantitative estimate of drug-likeness (QED) is 0.750. The summed E-state index contributed by atoms with van der Waals surface area (Å²) in [6.07, 6.45) is 2.89. The summed E-state index contributed by atoms with van der Waals surface area (Å²) in [5, 5.41) is 3.22. The standard InChI is InChI=1S/C11H19N3/c1-3-9(2)10(12)8-14-11-6-4-5-7-13-11/h4-7,9-10H,3,8,12H2,1-2H3,(H,13,14). The van der Waals surface area contributed by atoms with E-state index in [-0.39, 0.29) is 6.04 Å². The number of nitrogens with one attached hydrogen (secondary N) is 1. The van der Waals surface area contributed by atoms with Gasteiger partial charge in [0.25, 0.3) is 0 Å². The van der Waals surface area contributed by atoms with Gasteiger partial charge in [-0.1, -0.05) is 26.3 Å². The molecule has 0 saturated carbocycles. The Morgan fingerprint density at radius 3 is 2.86 bits per heavy atom. The molecule has 0 amide bonds. The third-order valence-electron chi connectivity index (χ3n) is 2.56. The molecule has 1 aromatic heterocycles. The van der Waals surface area contributed by atoms with Crippen LogP contribution < -0.4 is 11.1 Å². The third kappa shape index (κ3) is 3.34. The summed E-state index contributed by atoms with van der Waals surface area (Å²) in [5.41, 5.74) is 5.99. The van der Waals surface area contributed by atoms with Crippen LogP contribution in [0.5, 0.6) is 0 Å². The van der Waals surface area contributed by atoms with Gasteiger partial charge < -0.3 is 11.1 Å². The van der Waals surface area contributed by atoms with Crippen LogP contribution in [0.4, 0.5) is 5.82 Å². The van der Waals surface area contributed by atoms with Gasteiger partial charge in [-0.2, -0.15) is 0 Å². The van der Waals surface area contributed by atoms with E-state index < -0.39 is 0 Å². The van der Waals surface area contributed by atoms with Crippen molar-refractivity contribution in [3.63, 3.8) is 0 Å². The first-order valence-corrected chi connectivity index (χ1v) is 5.14. The Bertz CT molecular complexity index is 248. The first-order valence-electron chi connectivity index (χ1n) is 5.14. The normalized spacial score (nSPS) is 14.8. The van der Waals surface area contributed by atoms with E-state index in [9.17, 15) is 0 Å². The molecule has 0 spiro atoms. The minimum atomic E-state index is 0.196. The average molecular weight is 193 g/mol. The Labute approximate surface area is 85.7 Å². The number of rotatable bonds is 5. The zero-order valence-corrected chi connectivity index (χ0v) is 8.90. The lowest BCUT2D eigenvalue weighted by Crippen LogP contribution is -2.35. The monoisotopic (exact) mass is 193 g/mol. The fourth-order valence-electron chi connectivity index (χ4n) is 1.19. The maximum atomic E-state index is 5.99. The second kappa shape index (κ2) is 5.60. The van der Waals surface area contributed by atoms with Crippen LogP contribution in [0.2, 0.25) is 0 Å². The number of aromatic nitrogens is 1. The molecule has 14 heavy (non-hydrogen) atoms. The van der Waals surface area contributed by atoms with Crippen molar-refractivity contribution in [1.29, 1.82) is 0 Å². The van der Waals surface area contributed by atoms with E-state index >= 15 is 0 Å². The van der Waals surface area contributed by atoms with Gasteiger partial charge in [-0.25, -0.2) is 4.98 Å². The smallest absolute Gasteiger partial charge is 0.125 e. The summed E-state index contributed by atoms with van der Waals surface area (Å²) in [6, 6.07) is 6.01. The first kappa shape index (κ1) is 11.0. The van der Waals surface area contributed by atoms with Gasteiger partial charge in [0.2, 0.25) is 0 Å². The van der Waals surface area contributed by atoms with Crippen LogP contribution in [0.3, 0.4) is 0 Å². The topological polar surface area (TPSA) is 50.9 Å². The van der Waals surface area contributed by atoms with Crippen LogP contribution in [-0.4, -0.2) is 17.6 Å². The van der Waals surface area contributed by atoms with Crippen molar-refractivity contribution in [2.45, 2.75) is 26.3 Å². The summed E-state index contributed by atoms with van der Waals surface area (Å²) in [5.74, 6) is 1.44. The number of hydrogen-bond donors (Lipinski definition) is 2. The van der Waals surface area contributed by atoms with Crippen molar-refractivity contribution in [2.75, 3.05) is 11.9 Å². The van der Waals surface area contributed by atoms with Crippen LogP contribution >= 0.6 is 0 Å². The molecule has 78 valence electrons. The van der Waals surface area contributed by atoms with Crippen LogP contribution in [0.15, 0.2) is 24.4 Å². The molecule has 3 N–H and O–H groups in total. The highest BCUT2D eigenvalue weighted by atomic mass is 15.0. The summed E-state index contributed by atoms with van der Waals surface area (Å²) in [7, 11) is 0. The van der Waals surface area contributed by atoms with Crippen molar-refractivity contribution >= 4 is 5.82 Å². The molecule has 1 heterocycles. The van der Waals surface area contributed by atoms with Crippen LogP contribution in [0.1, 0.15) is 20.3 Å². The zero-order valence-electron chi connectivity index (χ0n) is 8.90. The van der Waals surface area contributed by atoms with E-state index in [0.29, 0.717) is 5.92 Å². The van der Waals surface area contributed by atoms with Gasteiger partial charge in [-0.3, -0.25) is 0 Å². The Hall–Kier alpha value is -1.09. The predicted octanol–water partition coefficient (Wildman–Crippen LogP) is 1.87. The molecule has 1 rings (SSSR count). The van der Waals surface area contributed by atoms with Crippen LogP contribution in [0.25, 0.3) is 0 Å². The minimum absolute atomic E-state index is 0.196. The lowest BCUT2D eigenvalue weighted by molar-refractivity contribution is 0.457. The molecule has 0 aliphatic rings. The fourth-order valence-corrected chi connectivity index (χ4v) is 1.19. The third-order valence-corrected chi connectivity index (χ3v) is 2.56. The maximum Gasteiger partial charge on any atom is 0.125 e. The number of anilines is 1. The van der Waals surface area contributed by atoms with E-state index in [2.05, 4.69) is 24.1 Å². The van der Waals surface area contributed by atoms with E-state index in [1.54, 1.807) is 6.20 Å². The van der Waals surface area contributed by atoms with Gasteiger partial charge in [0.05, 0.1) is 0 Å². The molecule has 2 unspecified atom stereocenters. The maximum absolute atomic E-state index is 5.99. The minimum Gasteiger partial charge on any atom is -0.369 e. The second-order valence-corrected chi connectivity index (χ2v) is 3.65. The average Bonchev–Trinajstić information content (AvgIpc) is 2.26. The fraction of sp³-hybridized carbons (Fsp3) is 0.545. The largest absolute Gasteiger partial charge is 0.369 e. The van der Waals surface area contributed by atoms with Crippen LogP contribution in [-0.2, 0) is 0 Å². The highest BCUT2D eigenvalue weighted by molar-refractivity contribution is 5.33. The molecule has 0 radical (unpaired) electrons. The Morgan fingerprint density at radius 2 is 2.29 bits per heavy atom. The summed E-state index contributed by atoms with van der Waals surface area (Å²) in [6.45, 7) is 5.11. The van der Waals surface area contributed by atoms with Crippen LogP contribution in [0, 0.1) is 5.92 Å². The van der Waals surface area contributed by atoms with Crippen molar-refractivity contribution in [1.82, 2.24) is 4.98 Å². The number of hydrogen-bond acceptors (Lipinski definition) is 3. The highest BCUT2D eigenvalue weighted by Crippen LogP contribution is 2.06. The van der Waals surface area contributed by atoms with Crippen molar-refractivity contribution in [3.8, 4) is 0 Å². The van der Waals surface area contributed by atoms with E-state index in [4.69, 9.17) is 5.73 Å². The molecule has 0 aliphatic heterocycles. The molecular weight excluding hydrogens is 174 g/mol. The predicted molar refractivity (Wildman–Crippen MR) is 60.2 cm³/mol. The van der Waals surface area contributed by atoms with Gasteiger partial charge in [-0.15, -0.1) is 0 Å². The highest BCUT2D eigenvalue weighted by Gasteiger charge is 2.09. The molecule has 0 fully saturated rings. The molecule has 0 aromatic carbocycles. The van der Waals surface area contributed by atoms with Crippen molar-refractivity contribution < 1.29 is 0 Å². The van der Waals surface area contributed by atoms with E-state index in [0.717, 1.165) is 18.8 Å². The van der Waals surface area contributed by atoms with Gasteiger partial charge >= 0.3 is 0 Å². The van der Waals surface area contributed by atoms with Gasteiger partial charge in [0.1, 0.15) is 5.82 Å². The lowest BCUT2D eigenvalue weighted by Gasteiger charge is -2.18. The van der Waals surface area contributed by atoms with E-state index in [1.165, 1.54) is 0 Å². The van der Waals surface area contributed by atoms with Gasteiger partial charge in [0.15, 0.2) is 0 Å². The molecule has 1 aromatic rings. The summed E-state index contributed by atoms with van der Waals surface area (Å²) in [4.78, 5) is 4.17. The summed E-state index contributed by atoms with van der Waals surface area (Å²) < 4.78 is 0. The Balaban J connectivity index is 2.34. The van der Waals surface area contributed by atoms with E-state index in [1.807, 2.05) is 18.2 Å². The van der Waals surface area contributed by atoms with Crippen molar-refractivity contribution in [2.24, 2.45) is 11.7 Å². The molecule has 3 heteroatoms. The van der Waals surface area contributed by atoms with Crippen molar-refractivity contribution in [3.05, 3.63) is 24.4 Å². The lowest BCUT2D eigenvalue weighted by atomic mass is 10.0. The molecule has 0 saturated heterocycles. The number of nitrogens with two attached hydrogens (primary N) is 1. The SMILES string of the molecule is CCC(C)C(N)CNc1ccccn1. The van der Waals surface area contributed by atoms with Gasteiger partial charge in [0, 0.05) is 18.8 Å². The Kier molecular flexibility index (Phi) is 4.40. The molecule has 3 nitrogen and oxygen atoms in total. The Morgan fingerprint density at radius 1 is 1.50 bits per heavy atom. The zero-order chi connectivity index (χ0) is 10.4. The number of pyridine rings is 1. The first-order chi connectivity index (χ1) is 6.74. The molecular formula is C11H19N3. The molecule has 0 aliphatic carbocycles. The summed E-state index contributed by atoms with van der Waals surface area (Å²) >= 11 is 0. The van der Waals surface area contributed by atoms with Gasteiger partial charge in [-0.05, 0) is 18.1 Å². The molecule has 0 bridgehead atoms. The second-order valence-electron chi connectivity index (χ2n) is 3.65.